The number of ketones is 1. The quantitative estimate of drug-likeness (QED) is 0.130. The maximum Gasteiger partial charge on any atom is 0.312 e. The van der Waals surface area contributed by atoms with Crippen LogP contribution in [0.15, 0.2) is 36.1 Å². The van der Waals surface area contributed by atoms with E-state index in [-0.39, 0.29) is 22.4 Å². The smallest absolute Gasteiger partial charge is 0.312 e. The molecule has 0 saturated heterocycles. The van der Waals surface area contributed by atoms with Gasteiger partial charge in [-0.05, 0) is 19.9 Å². The summed E-state index contributed by atoms with van der Waals surface area (Å²) in [5.74, 6) is -10.3. The number of hydrogen-bond donors (Lipinski definition) is 7. The fourth-order valence-corrected chi connectivity index (χ4v) is 6.71. The van der Waals surface area contributed by atoms with Gasteiger partial charge in [0.05, 0.1) is 35.5 Å². The number of aliphatic hydroxyl groups is 2. The molecule has 3 aliphatic heterocycles. The van der Waals surface area contributed by atoms with Gasteiger partial charge < -0.3 is 54.9 Å². The molecule has 0 radical (unpaired) electrons. The fraction of sp³-hybridized carbons (Fsp3) is 0.486. The summed E-state index contributed by atoms with van der Waals surface area (Å²) in [4.78, 5) is 39.3. The number of aliphatic hydroxyl groups excluding tert-OH is 2. The second kappa shape index (κ2) is 14.8. The SMILES string of the molecule is COC1/C=C\OC2(C)Oc3c(C)c(O)c4c(O)c(c(O)c(O)c4c3C2=O)NC(=O)/C(C)=C\C=C/C(C)C(O)C(C)C(O)C(C)C(OC(C)=O)C1C. The van der Waals surface area contributed by atoms with Gasteiger partial charge in [-0.2, -0.15) is 0 Å². The van der Waals surface area contributed by atoms with Crippen LogP contribution in [0.4, 0.5) is 5.69 Å². The van der Waals surface area contributed by atoms with E-state index in [1.165, 1.54) is 53.0 Å². The number of Topliss-reactive ketones (excluding diaryl/α,β-unsaturated/α-hetero) is 1. The number of methoxy groups -OCH3 is 1. The van der Waals surface area contributed by atoms with E-state index in [2.05, 4.69) is 5.32 Å². The zero-order valence-electron chi connectivity index (χ0n) is 30.0. The number of phenols is 4. The summed E-state index contributed by atoms with van der Waals surface area (Å²) in [5.41, 5.74) is -0.830. The molecule has 0 aliphatic carbocycles. The van der Waals surface area contributed by atoms with Crippen LogP contribution in [-0.4, -0.2) is 85.6 Å². The molecule has 0 aromatic heterocycles. The molecule has 2 aromatic carbocycles. The second-order valence-corrected chi connectivity index (χ2v) is 13.6. The summed E-state index contributed by atoms with van der Waals surface area (Å²) in [7, 11) is 1.41. The Morgan fingerprint density at radius 2 is 1.53 bits per heavy atom. The Labute approximate surface area is 295 Å². The van der Waals surface area contributed by atoms with Gasteiger partial charge in [0, 0.05) is 61.2 Å². The Kier molecular flexibility index (Phi) is 11.3. The number of amides is 1. The molecule has 1 amide bonds. The summed E-state index contributed by atoms with van der Waals surface area (Å²) >= 11 is 0. The van der Waals surface area contributed by atoms with Crippen molar-refractivity contribution < 1.29 is 64.0 Å². The average molecular weight is 714 g/mol. The van der Waals surface area contributed by atoms with Gasteiger partial charge >= 0.3 is 11.8 Å². The highest BCUT2D eigenvalue weighted by molar-refractivity contribution is 6.22. The number of carbonyl (C=O) groups is 3. The van der Waals surface area contributed by atoms with Crippen molar-refractivity contribution in [3.8, 4) is 28.7 Å². The normalized spacial score (nSPS) is 32.8. The molecule has 0 spiro atoms. The predicted octanol–water partition coefficient (Wildman–Crippen LogP) is 4.46. The number of phenolic OH excluding ortho intramolecular Hbond substituents is 4. The van der Waals surface area contributed by atoms with Gasteiger partial charge in [-0.1, -0.05) is 45.9 Å². The second-order valence-electron chi connectivity index (χ2n) is 13.6. The number of esters is 1. The molecule has 9 atom stereocenters. The van der Waals surface area contributed by atoms with Crippen LogP contribution in [0.5, 0.6) is 28.7 Å². The van der Waals surface area contributed by atoms with Crippen LogP contribution in [0, 0.1) is 30.6 Å². The lowest BCUT2D eigenvalue weighted by Crippen LogP contribution is -2.46. The van der Waals surface area contributed by atoms with Crippen LogP contribution in [0.25, 0.3) is 10.8 Å². The standard InChI is InChI=1S/C37H47NO13/c1-15-11-10-12-16(2)36(47)38-26-30(43)24-23(31(44)32(26)45)25-34(20(6)29(24)42)51-37(8,35(25)46)49-14-13-22(48-9)17(3)33(50-21(7)39)19(5)28(41)18(4)27(15)40/h10-15,17-19,22,27-28,33,40-45H,1-9H3,(H,38,47)/b11-10-,14-13-,16-12-. The van der Waals surface area contributed by atoms with Crippen LogP contribution in [0.1, 0.15) is 64.4 Å². The zero-order chi connectivity index (χ0) is 38.3. The van der Waals surface area contributed by atoms with Crippen LogP contribution >= 0.6 is 0 Å². The minimum atomic E-state index is -2.07. The maximum absolute atomic E-state index is 14.0. The van der Waals surface area contributed by atoms with Crippen LogP contribution in [0.2, 0.25) is 0 Å². The lowest BCUT2D eigenvalue weighted by molar-refractivity contribution is -0.160. The Morgan fingerprint density at radius 1 is 0.882 bits per heavy atom. The van der Waals surface area contributed by atoms with Crippen molar-refractivity contribution >= 4 is 34.1 Å². The molecule has 14 nitrogen and oxygen atoms in total. The molecule has 2 aromatic rings. The molecule has 3 aliphatic rings. The minimum absolute atomic E-state index is 0.00255. The van der Waals surface area contributed by atoms with E-state index in [9.17, 15) is 45.0 Å². The number of carbonyl (C=O) groups excluding carboxylic acids is 3. The number of aromatic hydroxyl groups is 4. The van der Waals surface area contributed by atoms with E-state index in [4.69, 9.17) is 18.9 Å². The monoisotopic (exact) mass is 713 g/mol. The van der Waals surface area contributed by atoms with E-state index < -0.39 is 111 Å². The Balaban J connectivity index is 1.90. The predicted molar refractivity (Wildman–Crippen MR) is 185 cm³/mol. The number of anilines is 1. The number of hydrogen-bond acceptors (Lipinski definition) is 13. The van der Waals surface area contributed by atoms with E-state index in [0.717, 1.165) is 6.26 Å². The number of fused-ring (bicyclic) bond motifs is 14. The first kappa shape index (κ1) is 39.0. The van der Waals surface area contributed by atoms with E-state index >= 15 is 0 Å². The Morgan fingerprint density at radius 3 is 2.14 bits per heavy atom. The molecular weight excluding hydrogens is 666 g/mol. The van der Waals surface area contributed by atoms with Crippen molar-refractivity contribution in [1.82, 2.24) is 0 Å². The largest absolute Gasteiger partial charge is 0.507 e. The van der Waals surface area contributed by atoms with Crippen molar-refractivity contribution in [3.63, 3.8) is 0 Å². The first-order valence-electron chi connectivity index (χ1n) is 16.6. The molecular formula is C37H47NO13. The average Bonchev–Trinajstić information content (AvgIpc) is 3.35. The summed E-state index contributed by atoms with van der Waals surface area (Å²) in [6.07, 6.45) is 3.25. The highest BCUT2D eigenvalue weighted by Gasteiger charge is 2.50. The number of nitrogens with one attached hydrogen (secondary N) is 1. The van der Waals surface area contributed by atoms with Gasteiger partial charge in [-0.15, -0.1) is 0 Å². The molecule has 0 saturated carbocycles. The number of benzene rings is 2. The Hall–Kier alpha value is -4.79. The van der Waals surface area contributed by atoms with Gasteiger partial charge in [0.15, 0.2) is 17.2 Å². The van der Waals surface area contributed by atoms with Crippen molar-refractivity contribution in [2.75, 3.05) is 12.4 Å². The highest BCUT2D eigenvalue weighted by Crippen LogP contribution is 2.57. The third-order valence-corrected chi connectivity index (χ3v) is 9.97. The summed E-state index contributed by atoms with van der Waals surface area (Å²) < 4.78 is 23.1. The third-order valence-electron chi connectivity index (χ3n) is 9.97. The first-order valence-corrected chi connectivity index (χ1v) is 16.6. The van der Waals surface area contributed by atoms with Crippen LogP contribution in [0.3, 0.4) is 0 Å². The summed E-state index contributed by atoms with van der Waals surface area (Å²) in [6.45, 7) is 12.2. The zero-order valence-corrected chi connectivity index (χ0v) is 30.0. The van der Waals surface area contributed by atoms with Gasteiger partial charge in [-0.3, -0.25) is 14.4 Å². The molecule has 7 N–H and O–H groups in total. The molecule has 5 bridgehead atoms. The highest BCUT2D eigenvalue weighted by atomic mass is 16.7. The van der Waals surface area contributed by atoms with Crippen molar-refractivity contribution in [1.29, 1.82) is 0 Å². The number of rotatable bonds is 2. The van der Waals surface area contributed by atoms with E-state index in [1.54, 1.807) is 33.8 Å². The molecule has 3 heterocycles. The Bertz CT molecular complexity index is 1810. The molecule has 14 heteroatoms. The molecule has 5 rings (SSSR count). The summed E-state index contributed by atoms with van der Waals surface area (Å²) in [5, 5.41) is 68.6. The number of allylic oxidation sites excluding steroid dienone is 2. The molecule has 278 valence electrons. The lowest BCUT2D eigenvalue weighted by Gasteiger charge is -2.38. The van der Waals surface area contributed by atoms with Gasteiger partial charge in [0.1, 0.15) is 23.3 Å². The van der Waals surface area contributed by atoms with Crippen molar-refractivity contribution in [2.24, 2.45) is 23.7 Å². The van der Waals surface area contributed by atoms with Gasteiger partial charge in [0.2, 0.25) is 0 Å². The van der Waals surface area contributed by atoms with Crippen LogP contribution in [-0.2, 0) is 23.8 Å². The number of ether oxygens (including phenoxy) is 4. The van der Waals surface area contributed by atoms with Gasteiger partial charge in [0.25, 0.3) is 11.7 Å². The topological polar surface area (TPSA) is 222 Å². The van der Waals surface area contributed by atoms with E-state index in [0.29, 0.717) is 0 Å². The molecule has 9 unspecified atom stereocenters. The third kappa shape index (κ3) is 7.08. The lowest BCUT2D eigenvalue weighted by atomic mass is 9.78. The first-order chi connectivity index (χ1) is 23.8. The van der Waals surface area contributed by atoms with Gasteiger partial charge in [-0.25, -0.2) is 0 Å². The van der Waals surface area contributed by atoms with Crippen molar-refractivity contribution in [2.45, 2.75) is 85.6 Å². The van der Waals surface area contributed by atoms with Crippen molar-refractivity contribution in [3.05, 3.63) is 47.3 Å². The summed E-state index contributed by atoms with van der Waals surface area (Å²) in [6, 6.07) is 0. The van der Waals surface area contributed by atoms with E-state index in [1.807, 2.05) is 0 Å². The fourth-order valence-electron chi connectivity index (χ4n) is 6.71. The molecule has 51 heavy (non-hydrogen) atoms. The molecule has 0 fully saturated rings. The minimum Gasteiger partial charge on any atom is -0.507 e. The van der Waals surface area contributed by atoms with Crippen LogP contribution < -0.4 is 10.1 Å². The maximum atomic E-state index is 14.0.